The summed E-state index contributed by atoms with van der Waals surface area (Å²) >= 11 is 4.05. The van der Waals surface area contributed by atoms with E-state index in [1.807, 2.05) is 78.9 Å². The quantitative estimate of drug-likeness (QED) is 0.169. The maximum Gasteiger partial charge on any atom is 0.238 e. The van der Waals surface area contributed by atoms with Crippen molar-refractivity contribution in [3.63, 3.8) is 0 Å². The lowest BCUT2D eigenvalue weighted by atomic mass is 10.1. The maximum atomic E-state index is 5.11. The highest BCUT2D eigenvalue weighted by Gasteiger charge is 2.23. The highest BCUT2D eigenvalue weighted by atomic mass is 79.9. The number of rotatable bonds is 7. The van der Waals surface area contributed by atoms with Gasteiger partial charge >= 0.3 is 0 Å². The topological polar surface area (TPSA) is 46.8 Å². The summed E-state index contributed by atoms with van der Waals surface area (Å²) in [4.78, 5) is 17.4. The number of hydrogen-bond donors (Lipinski definition) is 0. The Labute approximate surface area is 281 Å². The summed E-state index contributed by atoms with van der Waals surface area (Å²) in [5, 5.41) is 1.04. The van der Waals surface area contributed by atoms with Crippen molar-refractivity contribution in [2.45, 2.75) is 0 Å². The lowest BCUT2D eigenvalue weighted by Gasteiger charge is -2.25. The van der Waals surface area contributed by atoms with E-state index in [9.17, 15) is 0 Å². The van der Waals surface area contributed by atoms with Crippen molar-refractivity contribution in [1.82, 2.24) is 19.5 Å². The molecule has 0 N–H and O–H groups in total. The molecule has 0 amide bonds. The summed E-state index contributed by atoms with van der Waals surface area (Å²) in [7, 11) is 0. The van der Waals surface area contributed by atoms with E-state index in [4.69, 9.17) is 15.0 Å². The Morgan fingerprint density at radius 1 is 0.447 bits per heavy atom. The number of nitrogens with zero attached hydrogens (tertiary/aromatic N) is 5. The molecule has 0 fully saturated rings. The van der Waals surface area contributed by atoms with Gasteiger partial charge in [-0.3, -0.25) is 4.57 Å². The first-order valence-corrected chi connectivity index (χ1v) is 16.2. The van der Waals surface area contributed by atoms with E-state index in [0.717, 1.165) is 54.8 Å². The summed E-state index contributed by atoms with van der Waals surface area (Å²) < 4.78 is 3.11. The Kier molecular flexibility index (Phi) is 7.61. The lowest BCUT2D eigenvalue weighted by Crippen LogP contribution is -2.10. The van der Waals surface area contributed by atoms with Gasteiger partial charge in [-0.1, -0.05) is 127 Å². The molecule has 5 nitrogen and oxygen atoms in total. The largest absolute Gasteiger partial charge is 0.310 e. The molecule has 0 bridgehead atoms. The molecule has 0 saturated carbocycles. The van der Waals surface area contributed by atoms with Crippen molar-refractivity contribution in [2.24, 2.45) is 0 Å². The minimum Gasteiger partial charge on any atom is -0.310 e. The number of halogens is 1. The number of fused-ring (bicyclic) bond motifs is 1. The van der Waals surface area contributed by atoms with Crippen LogP contribution >= 0.6 is 15.9 Å². The van der Waals surface area contributed by atoms with Gasteiger partial charge in [0.2, 0.25) is 5.95 Å². The molecular weight excluding hydrogens is 642 g/mol. The average Bonchev–Trinajstić information content (AvgIpc) is 3.45. The molecule has 2 heterocycles. The van der Waals surface area contributed by atoms with Crippen LogP contribution in [0.25, 0.3) is 50.9 Å². The van der Waals surface area contributed by atoms with Crippen LogP contribution in [0.2, 0.25) is 0 Å². The monoisotopic (exact) mass is 669 g/mol. The van der Waals surface area contributed by atoms with Gasteiger partial charge < -0.3 is 4.90 Å². The van der Waals surface area contributed by atoms with Crippen LogP contribution in [-0.4, -0.2) is 19.5 Å². The molecular formula is C41H28BrN5. The van der Waals surface area contributed by atoms with E-state index in [2.05, 4.69) is 116 Å². The molecule has 0 aliphatic rings. The zero-order chi connectivity index (χ0) is 31.6. The summed E-state index contributed by atoms with van der Waals surface area (Å²) in [6.45, 7) is 0. The minimum absolute atomic E-state index is 0.544. The summed E-state index contributed by atoms with van der Waals surface area (Å²) in [6.07, 6.45) is 0. The maximum absolute atomic E-state index is 5.11. The number of hydrogen-bond acceptors (Lipinski definition) is 4. The van der Waals surface area contributed by atoms with Gasteiger partial charge in [-0.25, -0.2) is 4.98 Å². The predicted molar refractivity (Wildman–Crippen MR) is 195 cm³/mol. The van der Waals surface area contributed by atoms with Crippen LogP contribution in [0.5, 0.6) is 0 Å². The van der Waals surface area contributed by atoms with Gasteiger partial charge in [0, 0.05) is 33.6 Å². The van der Waals surface area contributed by atoms with Gasteiger partial charge in [0.15, 0.2) is 11.6 Å². The fourth-order valence-electron chi connectivity index (χ4n) is 5.94. The van der Waals surface area contributed by atoms with Gasteiger partial charge in [-0.05, 0) is 64.0 Å². The third-order valence-corrected chi connectivity index (χ3v) is 8.91. The first-order chi connectivity index (χ1) is 23.2. The van der Waals surface area contributed by atoms with E-state index >= 15 is 0 Å². The summed E-state index contributed by atoms with van der Waals surface area (Å²) in [5.41, 5.74) is 8.03. The fraction of sp³-hybridized carbons (Fsp3) is 0. The molecule has 0 radical (unpaired) electrons. The second-order valence-corrected chi connectivity index (χ2v) is 11.9. The second kappa shape index (κ2) is 12.5. The Balaban J connectivity index is 1.40. The Morgan fingerprint density at radius 2 is 0.894 bits per heavy atom. The third kappa shape index (κ3) is 5.49. The zero-order valence-electron chi connectivity index (χ0n) is 25.3. The van der Waals surface area contributed by atoms with E-state index in [1.54, 1.807) is 0 Å². The number of anilines is 3. The highest BCUT2D eigenvalue weighted by Crippen LogP contribution is 2.43. The van der Waals surface area contributed by atoms with Crippen LogP contribution in [-0.2, 0) is 0 Å². The Hall–Kier alpha value is -5.85. The molecule has 0 aliphatic carbocycles. The van der Waals surface area contributed by atoms with Crippen LogP contribution < -0.4 is 4.90 Å². The van der Waals surface area contributed by atoms with E-state index in [0.29, 0.717) is 17.6 Å². The molecule has 0 spiro atoms. The van der Waals surface area contributed by atoms with Crippen LogP contribution in [0.15, 0.2) is 174 Å². The molecule has 0 atom stereocenters. The SMILES string of the molecule is Brc1c(-c2ccccc2)n(-c2nc(-c3ccccc3)nc(-c3ccccc3)n2)c2ccc(N(c3ccccc3)c3ccccc3)cc12. The smallest absolute Gasteiger partial charge is 0.238 e. The lowest BCUT2D eigenvalue weighted by molar-refractivity contribution is 0.937. The van der Waals surface area contributed by atoms with Crippen molar-refractivity contribution in [3.8, 4) is 40.0 Å². The normalized spacial score (nSPS) is 11.1. The van der Waals surface area contributed by atoms with Gasteiger partial charge in [-0.15, -0.1) is 0 Å². The van der Waals surface area contributed by atoms with Crippen molar-refractivity contribution in [3.05, 3.63) is 174 Å². The van der Waals surface area contributed by atoms with Crippen molar-refractivity contribution >= 4 is 43.9 Å². The first-order valence-electron chi connectivity index (χ1n) is 15.4. The van der Waals surface area contributed by atoms with Crippen molar-refractivity contribution in [2.75, 3.05) is 4.90 Å². The van der Waals surface area contributed by atoms with Gasteiger partial charge in [0.05, 0.1) is 15.7 Å². The molecule has 0 unspecified atom stereocenters. The number of aromatic nitrogens is 4. The van der Waals surface area contributed by atoms with Gasteiger partial charge in [0.1, 0.15) is 0 Å². The van der Waals surface area contributed by atoms with E-state index in [1.165, 1.54) is 0 Å². The molecule has 2 aromatic heterocycles. The Morgan fingerprint density at radius 3 is 1.38 bits per heavy atom. The van der Waals surface area contributed by atoms with Crippen LogP contribution in [0.1, 0.15) is 0 Å². The van der Waals surface area contributed by atoms with Gasteiger partial charge in [-0.2, -0.15) is 9.97 Å². The van der Waals surface area contributed by atoms with Crippen molar-refractivity contribution in [1.29, 1.82) is 0 Å². The molecule has 6 heteroatoms. The molecule has 8 aromatic rings. The molecule has 6 aromatic carbocycles. The molecule has 8 rings (SSSR count). The minimum atomic E-state index is 0.544. The average molecular weight is 671 g/mol. The Bertz CT molecular complexity index is 2190. The highest BCUT2D eigenvalue weighted by molar-refractivity contribution is 9.10. The molecule has 0 saturated heterocycles. The molecule has 224 valence electrons. The third-order valence-electron chi connectivity index (χ3n) is 8.11. The van der Waals surface area contributed by atoms with Crippen LogP contribution in [0, 0.1) is 0 Å². The summed E-state index contributed by atoms with van der Waals surface area (Å²) in [5.74, 6) is 1.77. The van der Waals surface area contributed by atoms with E-state index in [-0.39, 0.29) is 0 Å². The predicted octanol–water partition coefficient (Wildman–Crippen LogP) is 11.0. The van der Waals surface area contributed by atoms with Crippen molar-refractivity contribution < 1.29 is 0 Å². The van der Waals surface area contributed by atoms with E-state index < -0.39 is 0 Å². The zero-order valence-corrected chi connectivity index (χ0v) is 26.9. The first kappa shape index (κ1) is 28.6. The van der Waals surface area contributed by atoms with Crippen LogP contribution in [0.3, 0.4) is 0 Å². The summed E-state index contributed by atoms with van der Waals surface area (Å²) in [6, 6.07) is 58.0. The number of para-hydroxylation sites is 2. The number of benzene rings is 6. The standard InChI is InChI=1S/C41H28BrN5/c42-37-35-28-34(46(32-22-12-4-13-23-32)33-24-14-5-15-25-33)26-27-36(35)47(38(37)29-16-6-1-7-17-29)41-44-39(30-18-8-2-9-19-30)43-40(45-41)31-20-10-3-11-21-31/h1-28H. The second-order valence-electron chi connectivity index (χ2n) is 11.1. The molecule has 47 heavy (non-hydrogen) atoms. The van der Waals surface area contributed by atoms with Gasteiger partial charge in [0.25, 0.3) is 0 Å². The fourth-order valence-corrected chi connectivity index (χ4v) is 6.66. The molecule has 0 aliphatic heterocycles. The van der Waals surface area contributed by atoms with Crippen LogP contribution in [0.4, 0.5) is 17.1 Å².